The third kappa shape index (κ3) is 27.9. The van der Waals surface area contributed by atoms with Crippen molar-refractivity contribution in [2.75, 3.05) is 119 Å². The van der Waals surface area contributed by atoms with Gasteiger partial charge in [0.2, 0.25) is 0 Å². The van der Waals surface area contributed by atoms with Gasteiger partial charge in [-0.25, -0.2) is 4.79 Å². The lowest BCUT2D eigenvalue weighted by atomic mass is 10.0. The topological polar surface area (TPSA) is 178 Å². The Labute approximate surface area is 272 Å². The van der Waals surface area contributed by atoms with Crippen molar-refractivity contribution in [3.63, 3.8) is 0 Å². The zero-order chi connectivity index (χ0) is 33.3. The summed E-state index contributed by atoms with van der Waals surface area (Å²) < 4.78 is 49.1. The number of amides is 1. The van der Waals surface area contributed by atoms with Gasteiger partial charge in [0.15, 0.2) is 0 Å². The van der Waals surface area contributed by atoms with Crippen molar-refractivity contribution in [2.24, 2.45) is 0 Å². The highest BCUT2D eigenvalue weighted by atomic mass is 16.6. The number of carbonyl (C=O) groups is 3. The van der Waals surface area contributed by atoms with E-state index in [1.807, 2.05) is 0 Å². The predicted molar refractivity (Wildman–Crippen MR) is 165 cm³/mol. The summed E-state index contributed by atoms with van der Waals surface area (Å²) in [5, 5.41) is 17.1. The van der Waals surface area contributed by atoms with Crippen molar-refractivity contribution < 1.29 is 67.2 Å². The van der Waals surface area contributed by atoms with E-state index >= 15 is 0 Å². The Hall–Kier alpha value is -2.37. The SMILES string of the molecule is O=C(O)CCOCCOCCOCCOCCN(CCOCCOCCOCCOCCC(=O)O)C(=O)OC1CC/C=C/CCC1. The largest absolute Gasteiger partial charge is 0.481 e. The summed E-state index contributed by atoms with van der Waals surface area (Å²) in [5.74, 6) is -1.79. The van der Waals surface area contributed by atoms with Gasteiger partial charge in [-0.05, 0) is 32.1 Å². The van der Waals surface area contributed by atoms with Gasteiger partial charge in [0, 0.05) is 13.1 Å². The van der Waals surface area contributed by atoms with Crippen LogP contribution >= 0.6 is 0 Å². The summed E-state index contributed by atoms with van der Waals surface area (Å²) >= 11 is 0. The molecule has 0 aromatic rings. The molecule has 0 aliphatic heterocycles. The van der Waals surface area contributed by atoms with E-state index < -0.39 is 11.9 Å². The number of ether oxygens (including phenoxy) is 9. The Morgan fingerprint density at radius 2 is 0.891 bits per heavy atom. The Morgan fingerprint density at radius 1 is 0.522 bits per heavy atom. The fourth-order valence-corrected chi connectivity index (χ4v) is 3.95. The number of allylic oxidation sites excluding steroid dienone is 2. The second-order valence-corrected chi connectivity index (χ2v) is 10.2. The molecule has 15 heteroatoms. The third-order valence-corrected chi connectivity index (χ3v) is 6.41. The zero-order valence-corrected chi connectivity index (χ0v) is 27.2. The second kappa shape index (κ2) is 31.2. The van der Waals surface area contributed by atoms with Gasteiger partial charge >= 0.3 is 18.0 Å². The van der Waals surface area contributed by atoms with Gasteiger partial charge in [-0.1, -0.05) is 12.2 Å². The first kappa shape index (κ1) is 41.7. The monoisotopic (exact) mass is 665 g/mol. The van der Waals surface area contributed by atoms with Crippen LogP contribution in [-0.2, 0) is 52.2 Å². The third-order valence-electron chi connectivity index (χ3n) is 6.41. The first-order valence-electron chi connectivity index (χ1n) is 16.1. The van der Waals surface area contributed by atoms with Gasteiger partial charge in [-0.2, -0.15) is 0 Å². The molecule has 0 bridgehead atoms. The van der Waals surface area contributed by atoms with Crippen molar-refractivity contribution in [3.8, 4) is 0 Å². The maximum absolute atomic E-state index is 13.0. The maximum Gasteiger partial charge on any atom is 0.410 e. The molecule has 0 saturated carbocycles. The lowest BCUT2D eigenvalue weighted by molar-refractivity contribution is -0.139. The first-order valence-corrected chi connectivity index (χ1v) is 16.1. The summed E-state index contributed by atoms with van der Waals surface area (Å²) in [4.78, 5) is 35.4. The first-order chi connectivity index (χ1) is 22.5. The average Bonchev–Trinajstić information content (AvgIpc) is 3.01. The van der Waals surface area contributed by atoms with Crippen molar-refractivity contribution >= 4 is 18.0 Å². The standard InChI is InChI=1S/C31H55NO14/c33-29(34)8-12-38-16-20-42-24-26-44-22-18-40-14-10-32(31(37)46-28-6-4-2-1-3-5-7-28)11-15-41-19-23-45-27-25-43-21-17-39-13-9-30(35)36/h1-2,28H,3-27H2,(H,33,34)(H,35,36)/b2-1+. The van der Waals surface area contributed by atoms with E-state index in [2.05, 4.69) is 12.2 Å². The van der Waals surface area contributed by atoms with Gasteiger partial charge in [0.05, 0.1) is 119 Å². The van der Waals surface area contributed by atoms with Gasteiger partial charge in [-0.15, -0.1) is 0 Å². The lowest BCUT2D eigenvalue weighted by Gasteiger charge is -2.26. The summed E-state index contributed by atoms with van der Waals surface area (Å²) in [6.07, 6.45) is 8.30. The van der Waals surface area contributed by atoms with Crippen LogP contribution in [0.2, 0.25) is 0 Å². The molecule has 0 heterocycles. The summed E-state index contributed by atoms with van der Waals surface area (Å²) in [6, 6.07) is 0. The van der Waals surface area contributed by atoms with Crippen molar-refractivity contribution in [1.82, 2.24) is 4.90 Å². The number of carboxylic acid groups (broad SMARTS) is 2. The fraction of sp³-hybridized carbons (Fsp3) is 0.839. The molecule has 0 fully saturated rings. The number of rotatable bonds is 31. The molecule has 0 aromatic carbocycles. The van der Waals surface area contributed by atoms with Crippen molar-refractivity contribution in [1.29, 1.82) is 0 Å². The van der Waals surface area contributed by atoms with Gasteiger partial charge in [0.1, 0.15) is 6.10 Å². The Morgan fingerprint density at radius 3 is 1.30 bits per heavy atom. The second-order valence-electron chi connectivity index (χ2n) is 10.2. The molecule has 268 valence electrons. The minimum absolute atomic E-state index is 0.0271. The molecular formula is C31H55NO14. The number of carboxylic acids is 2. The normalized spacial score (nSPS) is 15.6. The van der Waals surface area contributed by atoms with Gasteiger partial charge < -0.3 is 57.7 Å². The molecule has 0 spiro atoms. The minimum Gasteiger partial charge on any atom is -0.481 e. The van der Waals surface area contributed by atoms with Crippen molar-refractivity contribution in [3.05, 3.63) is 12.2 Å². The smallest absolute Gasteiger partial charge is 0.410 e. The quantitative estimate of drug-likeness (QED) is 0.0815. The minimum atomic E-state index is -0.893. The average molecular weight is 666 g/mol. The highest BCUT2D eigenvalue weighted by Crippen LogP contribution is 2.16. The number of aliphatic carboxylic acids is 2. The number of hydrogen-bond acceptors (Lipinski definition) is 12. The molecule has 0 aromatic heterocycles. The van der Waals surface area contributed by atoms with Crippen LogP contribution in [-0.4, -0.2) is 158 Å². The van der Waals surface area contributed by atoms with Crippen LogP contribution in [0, 0.1) is 0 Å². The molecule has 0 radical (unpaired) electrons. The fourth-order valence-electron chi connectivity index (χ4n) is 3.95. The van der Waals surface area contributed by atoms with Crippen LogP contribution in [0.15, 0.2) is 12.2 Å². The Kier molecular flexibility index (Phi) is 28.3. The molecule has 1 amide bonds. The maximum atomic E-state index is 13.0. The van der Waals surface area contributed by atoms with Crippen LogP contribution in [0.25, 0.3) is 0 Å². The summed E-state index contributed by atoms with van der Waals surface area (Å²) in [5.41, 5.74) is 0. The molecule has 1 atom stereocenters. The Balaban J connectivity index is 2.17. The summed E-state index contributed by atoms with van der Waals surface area (Å²) in [6.45, 7) is 6.16. The molecule has 15 nitrogen and oxygen atoms in total. The van der Waals surface area contributed by atoms with Crippen LogP contribution in [0.3, 0.4) is 0 Å². The Bertz CT molecular complexity index is 742. The van der Waals surface area contributed by atoms with Gasteiger partial charge in [-0.3, -0.25) is 9.59 Å². The van der Waals surface area contributed by atoms with E-state index in [1.54, 1.807) is 4.90 Å². The molecule has 0 saturated heterocycles. The predicted octanol–water partition coefficient (Wildman–Crippen LogP) is 2.40. The highest BCUT2D eigenvalue weighted by molar-refractivity contribution is 5.68. The van der Waals surface area contributed by atoms with E-state index in [4.69, 9.17) is 52.8 Å². The molecule has 2 N–H and O–H groups in total. The summed E-state index contributed by atoms with van der Waals surface area (Å²) in [7, 11) is 0. The molecule has 1 aliphatic rings. The molecule has 1 aliphatic carbocycles. The van der Waals surface area contributed by atoms with E-state index in [-0.39, 0.29) is 38.3 Å². The van der Waals surface area contributed by atoms with E-state index in [0.717, 1.165) is 32.1 Å². The van der Waals surface area contributed by atoms with E-state index in [9.17, 15) is 14.4 Å². The molecular weight excluding hydrogens is 610 g/mol. The van der Waals surface area contributed by atoms with Crippen molar-refractivity contribution in [2.45, 2.75) is 51.0 Å². The van der Waals surface area contributed by atoms with Crippen LogP contribution < -0.4 is 0 Å². The molecule has 1 rings (SSSR count). The lowest BCUT2D eigenvalue weighted by Crippen LogP contribution is -2.39. The van der Waals surface area contributed by atoms with E-state index in [0.29, 0.717) is 106 Å². The number of nitrogens with zero attached hydrogens (tertiary/aromatic N) is 1. The van der Waals surface area contributed by atoms with Crippen LogP contribution in [0.1, 0.15) is 44.9 Å². The molecule has 46 heavy (non-hydrogen) atoms. The van der Waals surface area contributed by atoms with E-state index in [1.165, 1.54) is 0 Å². The highest BCUT2D eigenvalue weighted by Gasteiger charge is 2.20. The number of carbonyl (C=O) groups excluding carboxylic acids is 1. The van der Waals surface area contributed by atoms with Crippen LogP contribution in [0.4, 0.5) is 4.79 Å². The van der Waals surface area contributed by atoms with Gasteiger partial charge in [0.25, 0.3) is 0 Å². The molecule has 1 unspecified atom stereocenters. The van der Waals surface area contributed by atoms with Crippen LogP contribution in [0.5, 0.6) is 0 Å². The zero-order valence-electron chi connectivity index (χ0n) is 27.2. The number of hydrogen-bond donors (Lipinski definition) is 2.